The third-order valence-corrected chi connectivity index (χ3v) is 2.76. The number of hydrogen-bond donors (Lipinski definition) is 2. The van der Waals surface area contributed by atoms with Gasteiger partial charge in [-0.2, -0.15) is 0 Å². The van der Waals surface area contributed by atoms with Gasteiger partial charge < -0.3 is 10.4 Å². The summed E-state index contributed by atoms with van der Waals surface area (Å²) in [6.45, 7) is 7.23. The summed E-state index contributed by atoms with van der Waals surface area (Å²) >= 11 is 0. The number of aliphatic carboxylic acids is 1. The summed E-state index contributed by atoms with van der Waals surface area (Å²) in [6.07, 6.45) is 0.219. The molecule has 0 aliphatic heterocycles. The monoisotopic (exact) mass is 281 g/mol. The van der Waals surface area contributed by atoms with E-state index in [0.717, 1.165) is 0 Å². The molecule has 1 aromatic rings. The Morgan fingerprint density at radius 1 is 1.35 bits per heavy atom. The highest BCUT2D eigenvalue weighted by molar-refractivity contribution is 5.84. The molecule has 0 spiro atoms. The van der Waals surface area contributed by atoms with E-state index in [-0.39, 0.29) is 17.7 Å². The largest absolute Gasteiger partial charge is 0.479 e. The van der Waals surface area contributed by atoms with Gasteiger partial charge in [0, 0.05) is 6.42 Å². The maximum Gasteiger partial charge on any atom is 0.330 e. The number of rotatable bonds is 4. The Labute approximate surface area is 118 Å². The molecule has 110 valence electrons. The van der Waals surface area contributed by atoms with Crippen LogP contribution in [0.5, 0.6) is 0 Å². The Morgan fingerprint density at radius 3 is 2.40 bits per heavy atom. The van der Waals surface area contributed by atoms with Crippen LogP contribution < -0.4 is 5.32 Å². The Bertz CT molecular complexity index is 520. The van der Waals surface area contributed by atoms with Gasteiger partial charge in [0.15, 0.2) is 6.04 Å². The van der Waals surface area contributed by atoms with Crippen LogP contribution in [0.2, 0.25) is 0 Å². The van der Waals surface area contributed by atoms with Crippen molar-refractivity contribution >= 4 is 11.9 Å². The van der Waals surface area contributed by atoms with Gasteiger partial charge >= 0.3 is 5.97 Å². The average Bonchev–Trinajstić information content (AvgIpc) is 2.27. The molecule has 0 aliphatic rings. The van der Waals surface area contributed by atoms with Gasteiger partial charge in [-0.05, 0) is 29.5 Å². The zero-order valence-corrected chi connectivity index (χ0v) is 12.2. The van der Waals surface area contributed by atoms with Gasteiger partial charge in [-0.1, -0.05) is 32.9 Å². The molecule has 0 aromatic heterocycles. The maximum absolute atomic E-state index is 13.2. The van der Waals surface area contributed by atoms with Gasteiger partial charge in [-0.25, -0.2) is 9.18 Å². The predicted octanol–water partition coefficient (Wildman–Crippen LogP) is 2.81. The van der Waals surface area contributed by atoms with Gasteiger partial charge in [-0.15, -0.1) is 0 Å². The zero-order chi connectivity index (χ0) is 15.5. The second-order valence-electron chi connectivity index (χ2n) is 6.08. The SMILES string of the molecule is Cc1cc(C(NC(=O)CC(C)(C)C)C(=O)O)ccc1F. The number of benzene rings is 1. The smallest absolute Gasteiger partial charge is 0.330 e. The number of amides is 1. The van der Waals surface area contributed by atoms with Crippen molar-refractivity contribution in [2.75, 3.05) is 0 Å². The normalized spacial score (nSPS) is 12.8. The molecule has 0 heterocycles. The van der Waals surface area contributed by atoms with E-state index in [1.165, 1.54) is 18.2 Å². The number of carbonyl (C=O) groups is 2. The molecule has 0 fully saturated rings. The summed E-state index contributed by atoms with van der Waals surface area (Å²) in [5.41, 5.74) is 0.476. The topological polar surface area (TPSA) is 66.4 Å². The summed E-state index contributed by atoms with van der Waals surface area (Å²) in [5.74, 6) is -1.91. The van der Waals surface area contributed by atoms with Crippen molar-refractivity contribution in [1.82, 2.24) is 5.32 Å². The summed E-state index contributed by atoms with van der Waals surface area (Å²) in [7, 11) is 0. The van der Waals surface area contributed by atoms with Crippen LogP contribution in [0.25, 0.3) is 0 Å². The first-order valence-electron chi connectivity index (χ1n) is 6.38. The molecule has 4 nitrogen and oxygen atoms in total. The molecule has 5 heteroatoms. The van der Waals surface area contributed by atoms with E-state index >= 15 is 0 Å². The summed E-state index contributed by atoms with van der Waals surface area (Å²) < 4.78 is 13.2. The molecule has 2 N–H and O–H groups in total. The standard InChI is InChI=1S/C15H20FNO3/c1-9-7-10(5-6-11(9)16)13(14(19)20)17-12(18)8-15(2,3)4/h5-7,13H,8H2,1-4H3,(H,17,18)(H,19,20). The fraction of sp³-hybridized carbons (Fsp3) is 0.467. The van der Waals surface area contributed by atoms with Gasteiger partial charge in [-0.3, -0.25) is 4.79 Å². The van der Waals surface area contributed by atoms with Crippen LogP contribution in [0, 0.1) is 18.2 Å². The van der Waals surface area contributed by atoms with Gasteiger partial charge in [0.25, 0.3) is 0 Å². The van der Waals surface area contributed by atoms with Crippen molar-refractivity contribution in [3.05, 3.63) is 35.1 Å². The first-order valence-corrected chi connectivity index (χ1v) is 6.38. The second-order valence-corrected chi connectivity index (χ2v) is 6.08. The van der Waals surface area contributed by atoms with E-state index in [9.17, 15) is 19.1 Å². The first kappa shape index (κ1) is 16.1. The van der Waals surface area contributed by atoms with Crippen LogP contribution in [-0.2, 0) is 9.59 Å². The minimum absolute atomic E-state index is 0.219. The van der Waals surface area contributed by atoms with Crippen molar-refractivity contribution in [3.63, 3.8) is 0 Å². The molecule has 1 amide bonds. The number of carboxylic acid groups (broad SMARTS) is 1. The molecule has 20 heavy (non-hydrogen) atoms. The zero-order valence-electron chi connectivity index (χ0n) is 12.2. The summed E-state index contributed by atoms with van der Waals surface area (Å²) in [6, 6.07) is 2.85. The highest BCUT2D eigenvalue weighted by Gasteiger charge is 2.25. The third-order valence-electron chi connectivity index (χ3n) is 2.76. The lowest BCUT2D eigenvalue weighted by Gasteiger charge is -2.20. The van der Waals surface area contributed by atoms with Gasteiger partial charge in [0.2, 0.25) is 5.91 Å². The molecule has 0 saturated carbocycles. The molecule has 1 aromatic carbocycles. The molecular formula is C15H20FNO3. The summed E-state index contributed by atoms with van der Waals surface area (Å²) in [5, 5.41) is 11.7. The second kappa shape index (κ2) is 6.03. The van der Waals surface area contributed by atoms with E-state index < -0.39 is 17.8 Å². The van der Waals surface area contributed by atoms with Crippen molar-refractivity contribution < 1.29 is 19.1 Å². The van der Waals surface area contributed by atoms with Gasteiger partial charge in [0.05, 0.1) is 0 Å². The third kappa shape index (κ3) is 4.64. The molecule has 0 radical (unpaired) electrons. The quantitative estimate of drug-likeness (QED) is 0.891. The van der Waals surface area contributed by atoms with E-state index in [4.69, 9.17) is 0 Å². The Morgan fingerprint density at radius 2 is 1.95 bits per heavy atom. The number of aryl methyl sites for hydroxylation is 1. The van der Waals surface area contributed by atoms with Crippen molar-refractivity contribution in [2.24, 2.45) is 5.41 Å². The van der Waals surface area contributed by atoms with Crippen LogP contribution in [0.1, 0.15) is 44.4 Å². The lowest BCUT2D eigenvalue weighted by molar-refractivity contribution is -0.142. The van der Waals surface area contributed by atoms with Crippen LogP contribution in [0.3, 0.4) is 0 Å². The fourth-order valence-electron chi connectivity index (χ4n) is 1.83. The van der Waals surface area contributed by atoms with Crippen LogP contribution >= 0.6 is 0 Å². The van der Waals surface area contributed by atoms with Crippen LogP contribution in [-0.4, -0.2) is 17.0 Å². The fourth-order valence-corrected chi connectivity index (χ4v) is 1.83. The summed E-state index contributed by atoms with van der Waals surface area (Å²) in [4.78, 5) is 23.1. The van der Waals surface area contributed by atoms with Crippen LogP contribution in [0.15, 0.2) is 18.2 Å². The number of carboxylic acids is 1. The molecule has 0 aliphatic carbocycles. The first-order chi connectivity index (χ1) is 9.10. The van der Waals surface area contributed by atoms with Crippen molar-refractivity contribution in [3.8, 4) is 0 Å². The Balaban J connectivity index is 2.92. The van der Waals surface area contributed by atoms with E-state index in [1.54, 1.807) is 6.92 Å². The lowest BCUT2D eigenvalue weighted by atomic mass is 9.91. The minimum atomic E-state index is -1.17. The van der Waals surface area contributed by atoms with Crippen molar-refractivity contribution in [2.45, 2.75) is 40.2 Å². The van der Waals surface area contributed by atoms with Crippen molar-refractivity contribution in [1.29, 1.82) is 0 Å². The van der Waals surface area contributed by atoms with E-state index in [1.807, 2.05) is 20.8 Å². The number of carbonyl (C=O) groups excluding carboxylic acids is 1. The molecule has 1 atom stereocenters. The highest BCUT2D eigenvalue weighted by atomic mass is 19.1. The average molecular weight is 281 g/mol. The number of nitrogens with one attached hydrogen (secondary N) is 1. The lowest BCUT2D eigenvalue weighted by Crippen LogP contribution is -2.35. The molecule has 1 rings (SSSR count). The number of hydrogen-bond acceptors (Lipinski definition) is 2. The molecule has 0 saturated heterocycles. The maximum atomic E-state index is 13.2. The predicted molar refractivity (Wildman–Crippen MR) is 73.7 cm³/mol. The minimum Gasteiger partial charge on any atom is -0.479 e. The Hall–Kier alpha value is -1.91. The van der Waals surface area contributed by atoms with E-state index in [2.05, 4.69) is 5.32 Å². The molecule has 0 bridgehead atoms. The Kier molecular flexibility index (Phi) is 4.87. The highest BCUT2D eigenvalue weighted by Crippen LogP contribution is 2.21. The molecule has 1 unspecified atom stereocenters. The number of halogens is 1. The van der Waals surface area contributed by atoms with Crippen LogP contribution in [0.4, 0.5) is 4.39 Å². The molecular weight excluding hydrogens is 261 g/mol. The van der Waals surface area contributed by atoms with Gasteiger partial charge in [0.1, 0.15) is 5.82 Å². The van der Waals surface area contributed by atoms with E-state index in [0.29, 0.717) is 11.1 Å².